The summed E-state index contributed by atoms with van der Waals surface area (Å²) < 4.78 is 13.4. The summed E-state index contributed by atoms with van der Waals surface area (Å²) in [4.78, 5) is 17.0. The van der Waals surface area contributed by atoms with Gasteiger partial charge in [0.1, 0.15) is 5.82 Å². The van der Waals surface area contributed by atoms with E-state index in [0.29, 0.717) is 18.8 Å². The molecular formula is C11H13FN2O2. The number of nitrogens with zero attached hydrogens (tertiary/aromatic N) is 1. The monoisotopic (exact) mass is 224 g/mol. The van der Waals surface area contributed by atoms with Crippen LogP contribution in [0.2, 0.25) is 0 Å². The van der Waals surface area contributed by atoms with Crippen molar-refractivity contribution in [2.45, 2.75) is 12.8 Å². The predicted octanol–water partition coefficient (Wildman–Crippen LogP) is 1.58. The lowest BCUT2D eigenvalue weighted by atomic mass is 10.1. The Morgan fingerprint density at radius 3 is 2.94 bits per heavy atom. The number of carbonyl (C=O) groups excluding carboxylic acids is 1. The molecule has 4 nitrogen and oxygen atoms in total. The minimum absolute atomic E-state index is 0.0399. The maximum Gasteiger partial charge on any atom is 0.280 e. The maximum atomic E-state index is 13.4. The molecule has 1 aliphatic rings. The van der Waals surface area contributed by atoms with Crippen LogP contribution in [0.1, 0.15) is 23.2 Å². The standard InChI is InChI=1S/C11H13FN2O2/c12-10-4-3-8(13)7-9(10)11(15)14-5-1-2-6-16-14/h3-4,7H,1-2,5-6,13H2. The quantitative estimate of drug-likeness (QED) is 0.737. The molecular weight excluding hydrogens is 211 g/mol. The molecule has 0 unspecified atom stereocenters. The van der Waals surface area contributed by atoms with Gasteiger partial charge in [0.05, 0.1) is 12.2 Å². The Balaban J connectivity index is 2.22. The zero-order valence-corrected chi connectivity index (χ0v) is 8.78. The first kappa shape index (κ1) is 10.9. The van der Waals surface area contributed by atoms with Gasteiger partial charge in [0.2, 0.25) is 0 Å². The third-order valence-corrected chi connectivity index (χ3v) is 2.45. The summed E-state index contributed by atoms with van der Waals surface area (Å²) in [7, 11) is 0. The fourth-order valence-electron chi connectivity index (χ4n) is 1.60. The van der Waals surface area contributed by atoms with E-state index in [1.807, 2.05) is 0 Å². The highest BCUT2D eigenvalue weighted by Gasteiger charge is 2.22. The first-order valence-corrected chi connectivity index (χ1v) is 5.18. The van der Waals surface area contributed by atoms with E-state index in [-0.39, 0.29) is 5.56 Å². The summed E-state index contributed by atoms with van der Waals surface area (Å²) >= 11 is 0. The summed E-state index contributed by atoms with van der Waals surface area (Å²) in [5.74, 6) is -1.04. The van der Waals surface area contributed by atoms with E-state index in [1.165, 1.54) is 23.3 Å². The van der Waals surface area contributed by atoms with E-state index in [1.54, 1.807) is 0 Å². The van der Waals surface area contributed by atoms with Gasteiger partial charge in [0.25, 0.3) is 5.91 Å². The average Bonchev–Trinajstić information content (AvgIpc) is 2.32. The van der Waals surface area contributed by atoms with E-state index in [2.05, 4.69) is 0 Å². The summed E-state index contributed by atoms with van der Waals surface area (Å²) in [5.41, 5.74) is 5.84. The zero-order chi connectivity index (χ0) is 11.5. The van der Waals surface area contributed by atoms with Crippen LogP contribution in [0, 0.1) is 5.82 Å². The Bertz CT molecular complexity index is 403. The largest absolute Gasteiger partial charge is 0.399 e. The lowest BCUT2D eigenvalue weighted by Gasteiger charge is -2.26. The molecule has 1 saturated heterocycles. The van der Waals surface area contributed by atoms with Crippen molar-refractivity contribution in [3.63, 3.8) is 0 Å². The number of hydroxylamine groups is 2. The zero-order valence-electron chi connectivity index (χ0n) is 8.78. The number of hydrogen-bond donors (Lipinski definition) is 1. The molecule has 86 valence electrons. The summed E-state index contributed by atoms with van der Waals surface area (Å²) in [6.45, 7) is 0.989. The van der Waals surface area contributed by atoms with E-state index >= 15 is 0 Å². The molecule has 2 rings (SSSR count). The van der Waals surface area contributed by atoms with Gasteiger partial charge in [-0.05, 0) is 31.0 Å². The Morgan fingerprint density at radius 2 is 2.25 bits per heavy atom. The molecule has 1 aromatic rings. The lowest BCUT2D eigenvalue weighted by molar-refractivity contribution is -0.144. The van der Waals surface area contributed by atoms with Crippen LogP contribution in [0.15, 0.2) is 18.2 Å². The molecule has 0 spiro atoms. The van der Waals surface area contributed by atoms with Crippen LogP contribution in [0.25, 0.3) is 0 Å². The second-order valence-electron chi connectivity index (χ2n) is 3.69. The summed E-state index contributed by atoms with van der Waals surface area (Å²) in [5, 5.41) is 1.20. The van der Waals surface area contributed by atoms with E-state index < -0.39 is 11.7 Å². The van der Waals surface area contributed by atoms with Crippen molar-refractivity contribution in [3.05, 3.63) is 29.6 Å². The van der Waals surface area contributed by atoms with Gasteiger partial charge in [-0.3, -0.25) is 9.63 Å². The summed E-state index contributed by atoms with van der Waals surface area (Å²) in [6, 6.07) is 3.94. The van der Waals surface area contributed by atoms with Gasteiger partial charge >= 0.3 is 0 Å². The second-order valence-corrected chi connectivity index (χ2v) is 3.69. The number of carbonyl (C=O) groups is 1. The normalized spacial score (nSPS) is 16.2. The Hall–Kier alpha value is -1.62. The van der Waals surface area contributed by atoms with Crippen LogP contribution in [-0.2, 0) is 4.84 Å². The highest BCUT2D eigenvalue weighted by molar-refractivity contribution is 5.94. The van der Waals surface area contributed by atoms with Crippen LogP contribution in [0.5, 0.6) is 0 Å². The highest BCUT2D eigenvalue weighted by Crippen LogP contribution is 2.16. The number of anilines is 1. The molecule has 1 aliphatic heterocycles. The molecule has 0 atom stereocenters. The molecule has 0 saturated carbocycles. The minimum Gasteiger partial charge on any atom is -0.399 e. The third kappa shape index (κ3) is 2.14. The van der Waals surface area contributed by atoms with Crippen molar-refractivity contribution in [3.8, 4) is 0 Å². The van der Waals surface area contributed by atoms with Crippen LogP contribution in [-0.4, -0.2) is 24.1 Å². The molecule has 2 N–H and O–H groups in total. The average molecular weight is 224 g/mol. The van der Waals surface area contributed by atoms with Crippen molar-refractivity contribution in [1.82, 2.24) is 5.06 Å². The van der Waals surface area contributed by atoms with Gasteiger partial charge in [-0.2, -0.15) is 0 Å². The fourth-order valence-corrected chi connectivity index (χ4v) is 1.60. The van der Waals surface area contributed by atoms with Crippen LogP contribution in [0.3, 0.4) is 0 Å². The van der Waals surface area contributed by atoms with Crippen molar-refractivity contribution in [1.29, 1.82) is 0 Å². The van der Waals surface area contributed by atoms with Crippen LogP contribution >= 0.6 is 0 Å². The van der Waals surface area contributed by atoms with E-state index in [4.69, 9.17) is 10.6 Å². The van der Waals surface area contributed by atoms with Crippen molar-refractivity contribution in [2.75, 3.05) is 18.9 Å². The lowest BCUT2D eigenvalue weighted by Crippen LogP contribution is -2.36. The van der Waals surface area contributed by atoms with Gasteiger partial charge in [-0.1, -0.05) is 0 Å². The highest BCUT2D eigenvalue weighted by atomic mass is 19.1. The molecule has 0 aliphatic carbocycles. The van der Waals surface area contributed by atoms with Gasteiger partial charge in [-0.25, -0.2) is 9.45 Å². The molecule has 1 fully saturated rings. The molecule has 1 aromatic carbocycles. The number of nitrogen functional groups attached to an aromatic ring is 1. The van der Waals surface area contributed by atoms with Gasteiger partial charge in [-0.15, -0.1) is 0 Å². The molecule has 16 heavy (non-hydrogen) atoms. The number of hydrogen-bond acceptors (Lipinski definition) is 3. The molecule has 1 amide bonds. The van der Waals surface area contributed by atoms with Crippen molar-refractivity contribution < 1.29 is 14.0 Å². The van der Waals surface area contributed by atoms with Gasteiger partial charge < -0.3 is 5.73 Å². The SMILES string of the molecule is Nc1ccc(F)c(C(=O)N2CCCCO2)c1. The first-order chi connectivity index (χ1) is 7.68. The van der Waals surface area contributed by atoms with Crippen molar-refractivity contribution >= 4 is 11.6 Å². The Labute approximate surface area is 92.7 Å². The topological polar surface area (TPSA) is 55.6 Å². The molecule has 0 aromatic heterocycles. The fraction of sp³-hybridized carbons (Fsp3) is 0.364. The van der Waals surface area contributed by atoms with Crippen LogP contribution < -0.4 is 5.73 Å². The molecule has 0 radical (unpaired) electrons. The van der Waals surface area contributed by atoms with E-state index in [0.717, 1.165) is 12.8 Å². The van der Waals surface area contributed by atoms with E-state index in [9.17, 15) is 9.18 Å². The molecule has 1 heterocycles. The predicted molar refractivity (Wildman–Crippen MR) is 57.0 cm³/mol. The number of amides is 1. The Kier molecular flexibility index (Phi) is 3.05. The molecule has 0 bridgehead atoms. The Morgan fingerprint density at radius 1 is 1.44 bits per heavy atom. The minimum atomic E-state index is -0.576. The van der Waals surface area contributed by atoms with Crippen LogP contribution in [0.4, 0.5) is 10.1 Å². The number of benzene rings is 1. The number of halogens is 1. The van der Waals surface area contributed by atoms with Gasteiger partial charge in [0, 0.05) is 12.2 Å². The first-order valence-electron chi connectivity index (χ1n) is 5.18. The van der Waals surface area contributed by atoms with Gasteiger partial charge in [0.15, 0.2) is 0 Å². The number of nitrogens with two attached hydrogens (primary N) is 1. The maximum absolute atomic E-state index is 13.4. The summed E-state index contributed by atoms with van der Waals surface area (Å²) in [6.07, 6.45) is 1.79. The van der Waals surface area contributed by atoms with Crippen molar-refractivity contribution in [2.24, 2.45) is 0 Å². The third-order valence-electron chi connectivity index (χ3n) is 2.45. The molecule has 5 heteroatoms. The smallest absolute Gasteiger partial charge is 0.280 e. The number of rotatable bonds is 1. The second kappa shape index (κ2) is 4.49.